The van der Waals surface area contributed by atoms with Crippen LogP contribution < -0.4 is 5.32 Å². The Hall–Kier alpha value is -2.25. The van der Waals surface area contributed by atoms with Gasteiger partial charge in [-0.2, -0.15) is 5.10 Å². The molecule has 0 saturated carbocycles. The average molecular weight is 381 g/mol. The molecule has 5 heterocycles. The molecule has 3 aliphatic heterocycles. The maximum absolute atomic E-state index is 11.6. The number of carbonyl (C=O) groups is 1. The van der Waals surface area contributed by atoms with E-state index in [4.69, 9.17) is 9.84 Å². The monoisotopic (exact) mass is 381 g/mol. The van der Waals surface area contributed by atoms with Crippen LogP contribution in [0, 0.1) is 0 Å². The number of piperidine rings is 1. The van der Waals surface area contributed by atoms with Crippen LogP contribution in [0.5, 0.6) is 0 Å². The fourth-order valence-corrected chi connectivity index (χ4v) is 4.51. The number of carbonyl (C=O) groups excluding carboxylic acids is 1. The first-order valence-electron chi connectivity index (χ1n) is 10.3. The average Bonchev–Trinajstić information content (AvgIpc) is 3.23. The van der Waals surface area contributed by atoms with Crippen LogP contribution in [0.15, 0.2) is 18.3 Å². The molecule has 0 unspecified atom stereocenters. The smallest absolute Gasteiger partial charge is 0.230 e. The maximum atomic E-state index is 11.6. The number of amides is 1. The minimum Gasteiger partial charge on any atom is -0.378 e. The lowest BCUT2D eigenvalue weighted by Gasteiger charge is -2.41. The van der Waals surface area contributed by atoms with Gasteiger partial charge < -0.3 is 10.1 Å². The minimum atomic E-state index is 0.0108. The number of nitrogens with zero attached hydrogens (tertiary/aromatic N) is 4. The molecule has 28 heavy (non-hydrogen) atoms. The molecule has 2 saturated heterocycles. The van der Waals surface area contributed by atoms with Crippen molar-refractivity contribution in [2.45, 2.75) is 51.1 Å². The summed E-state index contributed by atoms with van der Waals surface area (Å²) in [5.41, 5.74) is 4.22. The highest BCUT2D eigenvalue weighted by molar-refractivity contribution is 5.98. The van der Waals surface area contributed by atoms with Crippen molar-refractivity contribution in [2.75, 3.05) is 31.6 Å². The Labute approximate surface area is 165 Å². The van der Waals surface area contributed by atoms with Gasteiger partial charge in [-0.3, -0.25) is 14.4 Å². The van der Waals surface area contributed by atoms with Crippen molar-refractivity contribution in [1.82, 2.24) is 19.7 Å². The van der Waals surface area contributed by atoms with E-state index >= 15 is 0 Å². The molecular formula is C21H27N5O2. The zero-order valence-electron chi connectivity index (χ0n) is 16.5. The molecule has 0 aromatic carbocycles. The molecule has 7 heteroatoms. The van der Waals surface area contributed by atoms with E-state index in [9.17, 15) is 4.79 Å². The van der Waals surface area contributed by atoms with Gasteiger partial charge in [0, 0.05) is 35.0 Å². The van der Waals surface area contributed by atoms with Crippen molar-refractivity contribution in [3.8, 4) is 11.3 Å². The van der Waals surface area contributed by atoms with Crippen molar-refractivity contribution in [3.63, 3.8) is 0 Å². The number of aromatic nitrogens is 3. The second-order valence-corrected chi connectivity index (χ2v) is 8.45. The summed E-state index contributed by atoms with van der Waals surface area (Å²) < 4.78 is 7.53. The Morgan fingerprint density at radius 3 is 2.68 bits per heavy atom. The Morgan fingerprint density at radius 2 is 2.00 bits per heavy atom. The Balaban J connectivity index is 1.39. The van der Waals surface area contributed by atoms with Gasteiger partial charge in [-0.05, 0) is 51.9 Å². The largest absolute Gasteiger partial charge is 0.378 e. The van der Waals surface area contributed by atoms with Crippen LogP contribution >= 0.6 is 0 Å². The highest BCUT2D eigenvalue weighted by atomic mass is 16.5. The molecule has 148 valence electrons. The number of pyridine rings is 1. The predicted octanol–water partition coefficient (Wildman–Crippen LogP) is 2.60. The number of anilines is 1. The van der Waals surface area contributed by atoms with Gasteiger partial charge in [0.15, 0.2) is 0 Å². The quantitative estimate of drug-likeness (QED) is 0.881. The molecule has 0 bridgehead atoms. The second kappa shape index (κ2) is 6.97. The van der Waals surface area contributed by atoms with Crippen LogP contribution in [0.4, 0.5) is 5.82 Å². The third-order valence-corrected chi connectivity index (χ3v) is 6.21. The normalized spacial score (nSPS) is 21.0. The standard InChI is InChI=1S/C21H27N5O2/c1-13(2)26-19(14-3-5-25(6-4-14)17-11-28-12-17)9-18(24-26)16-7-15-8-20(27)23-21(15)22-10-16/h7,9-10,13-14,17H,3-6,8,11-12H2,1-2H3,(H,22,23,27). The highest BCUT2D eigenvalue weighted by Crippen LogP contribution is 2.34. The lowest BCUT2D eigenvalue weighted by Crippen LogP contribution is -2.51. The first-order valence-corrected chi connectivity index (χ1v) is 10.3. The molecular weight excluding hydrogens is 354 g/mol. The van der Waals surface area contributed by atoms with Gasteiger partial charge in [0.05, 0.1) is 31.4 Å². The van der Waals surface area contributed by atoms with Crippen molar-refractivity contribution in [1.29, 1.82) is 0 Å². The Bertz CT molecular complexity index is 894. The van der Waals surface area contributed by atoms with Crippen molar-refractivity contribution >= 4 is 11.7 Å². The molecule has 2 aromatic rings. The lowest BCUT2D eigenvalue weighted by molar-refractivity contribution is -0.115. The first kappa shape index (κ1) is 17.8. The number of fused-ring (bicyclic) bond motifs is 1. The summed E-state index contributed by atoms with van der Waals surface area (Å²) in [6.45, 7) is 8.41. The fraction of sp³-hybridized carbons (Fsp3) is 0.571. The van der Waals surface area contributed by atoms with Crippen molar-refractivity contribution in [2.24, 2.45) is 0 Å². The number of likely N-dealkylation sites (tertiary alicyclic amines) is 1. The van der Waals surface area contributed by atoms with Crippen LogP contribution in [0.2, 0.25) is 0 Å². The summed E-state index contributed by atoms with van der Waals surface area (Å²) in [5, 5.41) is 7.71. The molecule has 2 aromatic heterocycles. The molecule has 7 nitrogen and oxygen atoms in total. The van der Waals surface area contributed by atoms with E-state index < -0.39 is 0 Å². The van der Waals surface area contributed by atoms with Gasteiger partial charge >= 0.3 is 0 Å². The van der Waals surface area contributed by atoms with Gasteiger partial charge in [-0.25, -0.2) is 4.98 Å². The maximum Gasteiger partial charge on any atom is 0.230 e. The van der Waals surface area contributed by atoms with Crippen LogP contribution in [-0.2, 0) is 16.0 Å². The number of nitrogens with one attached hydrogen (secondary N) is 1. The zero-order valence-corrected chi connectivity index (χ0v) is 16.5. The fourth-order valence-electron chi connectivity index (χ4n) is 4.51. The van der Waals surface area contributed by atoms with E-state index in [2.05, 4.69) is 45.9 Å². The summed E-state index contributed by atoms with van der Waals surface area (Å²) in [5.74, 6) is 1.23. The molecule has 5 rings (SSSR count). The van der Waals surface area contributed by atoms with Crippen LogP contribution in [0.25, 0.3) is 11.3 Å². The summed E-state index contributed by atoms with van der Waals surface area (Å²) in [6.07, 6.45) is 4.54. The Morgan fingerprint density at radius 1 is 1.21 bits per heavy atom. The zero-order chi connectivity index (χ0) is 19.3. The van der Waals surface area contributed by atoms with Gasteiger partial charge in [-0.1, -0.05) is 0 Å². The molecule has 0 spiro atoms. The van der Waals surface area contributed by atoms with Crippen LogP contribution in [0.1, 0.15) is 49.9 Å². The molecule has 0 radical (unpaired) electrons. The van der Waals surface area contributed by atoms with Gasteiger partial charge in [0.2, 0.25) is 5.91 Å². The van der Waals surface area contributed by atoms with E-state index in [1.807, 2.05) is 6.20 Å². The summed E-state index contributed by atoms with van der Waals surface area (Å²) >= 11 is 0. The van der Waals surface area contributed by atoms with E-state index in [0.717, 1.165) is 56.0 Å². The summed E-state index contributed by atoms with van der Waals surface area (Å²) in [4.78, 5) is 18.6. The molecule has 0 atom stereocenters. The molecule has 2 fully saturated rings. The van der Waals surface area contributed by atoms with Crippen LogP contribution in [0.3, 0.4) is 0 Å². The number of rotatable bonds is 4. The Kier molecular flexibility index (Phi) is 4.44. The van der Waals surface area contributed by atoms with Crippen LogP contribution in [-0.4, -0.2) is 57.9 Å². The SMILES string of the molecule is CC(C)n1nc(-c2cnc3c(c2)CC(=O)N3)cc1C1CCN(C2COC2)CC1. The van der Waals surface area contributed by atoms with E-state index in [-0.39, 0.29) is 5.91 Å². The first-order chi connectivity index (χ1) is 13.6. The second-order valence-electron chi connectivity index (χ2n) is 8.45. The number of hydrogen-bond donors (Lipinski definition) is 1. The molecule has 1 amide bonds. The lowest BCUT2D eigenvalue weighted by atomic mass is 9.91. The van der Waals surface area contributed by atoms with E-state index in [0.29, 0.717) is 30.2 Å². The summed E-state index contributed by atoms with van der Waals surface area (Å²) in [6, 6.07) is 5.23. The van der Waals surface area contributed by atoms with E-state index in [1.165, 1.54) is 5.69 Å². The van der Waals surface area contributed by atoms with Crippen molar-refractivity contribution in [3.05, 3.63) is 29.6 Å². The van der Waals surface area contributed by atoms with Gasteiger partial charge in [-0.15, -0.1) is 0 Å². The molecule has 3 aliphatic rings. The minimum absolute atomic E-state index is 0.0108. The third kappa shape index (κ3) is 3.12. The highest BCUT2D eigenvalue weighted by Gasteiger charge is 2.32. The van der Waals surface area contributed by atoms with E-state index in [1.54, 1.807) is 0 Å². The predicted molar refractivity (Wildman–Crippen MR) is 106 cm³/mol. The van der Waals surface area contributed by atoms with Gasteiger partial charge in [0.1, 0.15) is 5.82 Å². The van der Waals surface area contributed by atoms with Crippen molar-refractivity contribution < 1.29 is 9.53 Å². The van der Waals surface area contributed by atoms with Gasteiger partial charge in [0.25, 0.3) is 0 Å². The molecule has 0 aliphatic carbocycles. The summed E-state index contributed by atoms with van der Waals surface area (Å²) in [7, 11) is 0. The third-order valence-electron chi connectivity index (χ3n) is 6.21. The molecule has 1 N–H and O–H groups in total. The number of ether oxygens (including phenoxy) is 1. The number of hydrogen-bond acceptors (Lipinski definition) is 5. The topological polar surface area (TPSA) is 72.3 Å².